The monoisotopic (exact) mass is 251 g/mol. The largest absolute Gasteiger partial charge is 0.377 e. The van der Waals surface area contributed by atoms with E-state index in [-0.39, 0.29) is 0 Å². The predicted molar refractivity (Wildman–Crippen MR) is 69.1 cm³/mol. The normalized spacial score (nSPS) is 19.6. The van der Waals surface area contributed by atoms with Crippen LogP contribution < -0.4 is 0 Å². The Morgan fingerprint density at radius 1 is 1.40 bits per heavy atom. The van der Waals surface area contributed by atoms with Crippen LogP contribution in [-0.4, -0.2) is 55.1 Å². The lowest BCUT2D eigenvalue weighted by Crippen LogP contribution is -2.37. The summed E-state index contributed by atoms with van der Waals surface area (Å²) in [7, 11) is 0. The Balaban J connectivity index is 2.02. The summed E-state index contributed by atoms with van der Waals surface area (Å²) in [5, 5.41) is 0. The molecule has 0 aromatic rings. The molecule has 0 atom stereocenters. The smallest absolute Gasteiger partial charge is 0.0605 e. The minimum absolute atomic E-state index is 0.459. The topological polar surface area (TPSA) is 12.5 Å². The minimum Gasteiger partial charge on any atom is -0.377 e. The van der Waals surface area contributed by atoms with Gasteiger partial charge in [-0.05, 0) is 37.8 Å². The van der Waals surface area contributed by atoms with E-state index in [1.54, 1.807) is 0 Å². The highest BCUT2D eigenvalue weighted by Gasteiger charge is 2.18. The van der Waals surface area contributed by atoms with Crippen LogP contribution in [0.2, 0.25) is 0 Å². The number of halogens is 1. The lowest BCUT2D eigenvalue weighted by atomic mass is 10.1. The summed E-state index contributed by atoms with van der Waals surface area (Å²) in [6, 6.07) is 0. The second-order valence-electron chi connectivity index (χ2n) is 3.95. The highest BCUT2D eigenvalue weighted by Crippen LogP contribution is 2.14. The molecule has 1 aliphatic heterocycles. The Hall–Kier alpha value is 0.560. The molecule has 0 aromatic carbocycles. The third kappa shape index (κ3) is 6.00. The summed E-state index contributed by atoms with van der Waals surface area (Å²) in [6.45, 7) is 4.35. The zero-order chi connectivity index (χ0) is 10.9. The van der Waals surface area contributed by atoms with Crippen molar-refractivity contribution in [2.75, 3.05) is 44.1 Å². The second kappa shape index (κ2) is 8.68. The SMILES string of the molecule is CSCCCN1CCC(OCCCl)CC1. The van der Waals surface area contributed by atoms with Crippen molar-refractivity contribution in [3.05, 3.63) is 0 Å². The molecule has 1 heterocycles. The summed E-state index contributed by atoms with van der Waals surface area (Å²) in [6.07, 6.45) is 6.30. The van der Waals surface area contributed by atoms with Gasteiger partial charge in [0.25, 0.3) is 0 Å². The lowest BCUT2D eigenvalue weighted by molar-refractivity contribution is 0.0154. The van der Waals surface area contributed by atoms with Gasteiger partial charge in [-0.25, -0.2) is 0 Å². The maximum Gasteiger partial charge on any atom is 0.0605 e. The highest BCUT2D eigenvalue weighted by molar-refractivity contribution is 7.98. The van der Waals surface area contributed by atoms with Gasteiger partial charge in [0.2, 0.25) is 0 Å². The zero-order valence-electron chi connectivity index (χ0n) is 9.58. The molecule has 90 valence electrons. The molecule has 0 aromatic heterocycles. The Bertz CT molecular complexity index is 152. The summed E-state index contributed by atoms with van der Waals surface area (Å²) in [5.41, 5.74) is 0. The van der Waals surface area contributed by atoms with E-state index in [0.717, 1.165) is 0 Å². The molecule has 1 rings (SSSR count). The maximum atomic E-state index is 5.64. The molecule has 4 heteroatoms. The standard InChI is InChI=1S/C11H22ClNOS/c1-15-10-2-6-13-7-3-11(4-8-13)14-9-5-12/h11H,2-10H2,1H3. The van der Waals surface area contributed by atoms with Crippen molar-refractivity contribution in [3.63, 3.8) is 0 Å². The van der Waals surface area contributed by atoms with Gasteiger partial charge < -0.3 is 9.64 Å². The molecule has 0 radical (unpaired) electrons. The molecular weight excluding hydrogens is 230 g/mol. The third-order valence-electron chi connectivity index (χ3n) is 2.79. The number of piperidine rings is 1. The Morgan fingerprint density at radius 2 is 2.13 bits per heavy atom. The van der Waals surface area contributed by atoms with Crippen LogP contribution in [0.3, 0.4) is 0 Å². The van der Waals surface area contributed by atoms with Crippen molar-refractivity contribution in [1.29, 1.82) is 0 Å². The van der Waals surface area contributed by atoms with Gasteiger partial charge in [-0.15, -0.1) is 11.6 Å². The van der Waals surface area contributed by atoms with Crippen LogP contribution in [0.1, 0.15) is 19.3 Å². The van der Waals surface area contributed by atoms with Crippen LogP contribution in [-0.2, 0) is 4.74 Å². The summed E-state index contributed by atoms with van der Waals surface area (Å²) < 4.78 is 5.64. The van der Waals surface area contributed by atoms with Crippen LogP contribution >= 0.6 is 23.4 Å². The van der Waals surface area contributed by atoms with Crippen LogP contribution in [0, 0.1) is 0 Å². The van der Waals surface area contributed by atoms with Crippen LogP contribution in [0.4, 0.5) is 0 Å². The van der Waals surface area contributed by atoms with E-state index in [1.165, 1.54) is 44.6 Å². The molecule has 0 spiro atoms. The average Bonchev–Trinajstić information content (AvgIpc) is 2.28. The third-order valence-corrected chi connectivity index (χ3v) is 3.64. The highest BCUT2D eigenvalue weighted by atomic mass is 35.5. The van der Waals surface area contributed by atoms with Gasteiger partial charge in [-0.1, -0.05) is 0 Å². The average molecular weight is 252 g/mol. The first-order valence-electron chi connectivity index (χ1n) is 5.75. The molecule has 2 nitrogen and oxygen atoms in total. The summed E-state index contributed by atoms with van der Waals surface area (Å²) in [5.74, 6) is 1.90. The molecule has 1 saturated heterocycles. The van der Waals surface area contributed by atoms with Gasteiger partial charge in [-0.3, -0.25) is 0 Å². The minimum atomic E-state index is 0.459. The fourth-order valence-corrected chi connectivity index (χ4v) is 2.45. The maximum absolute atomic E-state index is 5.64. The Labute approximate surface area is 103 Å². The fraction of sp³-hybridized carbons (Fsp3) is 1.00. The first kappa shape index (κ1) is 13.6. The number of nitrogens with zero attached hydrogens (tertiary/aromatic N) is 1. The van der Waals surface area contributed by atoms with Gasteiger partial charge in [0.05, 0.1) is 12.7 Å². The van der Waals surface area contributed by atoms with Crippen molar-refractivity contribution < 1.29 is 4.74 Å². The molecule has 0 N–H and O–H groups in total. The zero-order valence-corrected chi connectivity index (χ0v) is 11.2. The molecule has 15 heavy (non-hydrogen) atoms. The summed E-state index contributed by atoms with van der Waals surface area (Å²) >= 11 is 7.53. The summed E-state index contributed by atoms with van der Waals surface area (Å²) in [4.78, 5) is 2.55. The van der Waals surface area contributed by atoms with Crippen LogP contribution in [0.5, 0.6) is 0 Å². The van der Waals surface area contributed by atoms with Crippen LogP contribution in [0.25, 0.3) is 0 Å². The lowest BCUT2D eigenvalue weighted by Gasteiger charge is -2.31. The van der Waals surface area contributed by atoms with Crippen molar-refractivity contribution in [2.45, 2.75) is 25.4 Å². The number of alkyl halides is 1. The molecule has 1 aliphatic rings. The molecule has 0 amide bonds. The van der Waals surface area contributed by atoms with E-state index in [2.05, 4.69) is 11.2 Å². The van der Waals surface area contributed by atoms with E-state index in [4.69, 9.17) is 16.3 Å². The molecular formula is C11H22ClNOS. The van der Waals surface area contributed by atoms with Gasteiger partial charge in [0.15, 0.2) is 0 Å². The molecule has 0 bridgehead atoms. The van der Waals surface area contributed by atoms with E-state index in [1.807, 2.05) is 11.8 Å². The number of thioether (sulfide) groups is 1. The number of rotatable bonds is 7. The number of hydrogen-bond acceptors (Lipinski definition) is 3. The van der Waals surface area contributed by atoms with E-state index in [0.29, 0.717) is 18.6 Å². The number of likely N-dealkylation sites (tertiary alicyclic amines) is 1. The number of ether oxygens (including phenoxy) is 1. The fourth-order valence-electron chi connectivity index (χ4n) is 1.94. The first-order valence-corrected chi connectivity index (χ1v) is 7.68. The predicted octanol–water partition coefficient (Wildman–Crippen LogP) is 2.46. The Kier molecular flexibility index (Phi) is 7.89. The van der Waals surface area contributed by atoms with Gasteiger partial charge in [-0.2, -0.15) is 11.8 Å². The van der Waals surface area contributed by atoms with Crippen molar-refractivity contribution in [1.82, 2.24) is 4.90 Å². The molecule has 0 unspecified atom stereocenters. The van der Waals surface area contributed by atoms with E-state index < -0.39 is 0 Å². The van der Waals surface area contributed by atoms with Crippen molar-refractivity contribution >= 4 is 23.4 Å². The van der Waals surface area contributed by atoms with Gasteiger partial charge in [0, 0.05) is 19.0 Å². The van der Waals surface area contributed by atoms with Crippen molar-refractivity contribution in [3.8, 4) is 0 Å². The van der Waals surface area contributed by atoms with E-state index in [9.17, 15) is 0 Å². The Morgan fingerprint density at radius 3 is 2.73 bits per heavy atom. The van der Waals surface area contributed by atoms with Crippen LogP contribution in [0.15, 0.2) is 0 Å². The second-order valence-corrected chi connectivity index (χ2v) is 5.31. The molecule has 0 saturated carbocycles. The quantitative estimate of drug-likeness (QED) is 0.510. The number of hydrogen-bond donors (Lipinski definition) is 0. The van der Waals surface area contributed by atoms with Crippen molar-refractivity contribution in [2.24, 2.45) is 0 Å². The first-order chi connectivity index (χ1) is 7.36. The van der Waals surface area contributed by atoms with E-state index >= 15 is 0 Å². The van der Waals surface area contributed by atoms with Gasteiger partial charge in [0.1, 0.15) is 0 Å². The molecule has 1 fully saturated rings. The van der Waals surface area contributed by atoms with Gasteiger partial charge >= 0.3 is 0 Å². The molecule has 0 aliphatic carbocycles.